The van der Waals surface area contributed by atoms with Gasteiger partial charge in [-0.3, -0.25) is 0 Å². The molecule has 2 nitrogen and oxygen atoms in total. The van der Waals surface area contributed by atoms with Crippen LogP contribution in [0.2, 0.25) is 5.02 Å². The van der Waals surface area contributed by atoms with Gasteiger partial charge in [0.15, 0.2) is 0 Å². The first-order valence-electron chi connectivity index (χ1n) is 6.29. The Morgan fingerprint density at radius 3 is 2.76 bits per heavy atom. The van der Waals surface area contributed by atoms with Crippen LogP contribution in [0.5, 0.6) is 0 Å². The summed E-state index contributed by atoms with van der Waals surface area (Å²) in [6.45, 7) is 6.35. The molecule has 1 aliphatic heterocycles. The molecule has 0 spiro atoms. The molecule has 17 heavy (non-hydrogen) atoms. The highest BCUT2D eigenvalue weighted by molar-refractivity contribution is 6.33. The fraction of sp³-hybridized carbons (Fsp3) is 0.571. The van der Waals surface area contributed by atoms with Crippen LogP contribution in [0.4, 0.5) is 5.69 Å². The van der Waals surface area contributed by atoms with Gasteiger partial charge in [0.25, 0.3) is 0 Å². The minimum absolute atomic E-state index is 0.0813. The molecule has 3 heteroatoms. The largest absolute Gasteiger partial charge is 0.365 e. The Bertz CT molecular complexity index is 390. The molecule has 0 aromatic heterocycles. The number of halogens is 1. The number of nitrogens with zero attached hydrogens (tertiary/aromatic N) is 1. The third-order valence-electron chi connectivity index (χ3n) is 4.06. The van der Waals surface area contributed by atoms with Crippen LogP contribution in [-0.4, -0.2) is 18.6 Å². The number of piperidine rings is 1. The van der Waals surface area contributed by atoms with Crippen LogP contribution in [0, 0.1) is 5.92 Å². The van der Waals surface area contributed by atoms with Gasteiger partial charge < -0.3 is 10.6 Å². The predicted molar refractivity (Wildman–Crippen MR) is 74.7 cm³/mol. The van der Waals surface area contributed by atoms with E-state index in [0.29, 0.717) is 5.92 Å². The molecule has 1 fully saturated rings. The molecule has 0 radical (unpaired) electrons. The number of rotatable bonds is 2. The maximum absolute atomic E-state index is 6.30. The van der Waals surface area contributed by atoms with Gasteiger partial charge in [0.2, 0.25) is 0 Å². The van der Waals surface area contributed by atoms with Gasteiger partial charge >= 0.3 is 0 Å². The third kappa shape index (κ3) is 2.29. The lowest BCUT2D eigenvalue weighted by atomic mass is 9.79. The molecule has 1 aliphatic rings. The molecule has 0 aliphatic carbocycles. The van der Waals surface area contributed by atoms with Crippen molar-refractivity contribution in [3.05, 3.63) is 29.3 Å². The summed E-state index contributed by atoms with van der Waals surface area (Å²) in [4.78, 5) is 2.41. The fourth-order valence-electron chi connectivity index (χ4n) is 2.87. The molecule has 1 unspecified atom stereocenters. The van der Waals surface area contributed by atoms with Crippen molar-refractivity contribution in [3.63, 3.8) is 0 Å². The fourth-order valence-corrected chi connectivity index (χ4v) is 3.10. The van der Waals surface area contributed by atoms with Crippen LogP contribution in [0.1, 0.15) is 26.7 Å². The van der Waals surface area contributed by atoms with Crippen LogP contribution in [0.25, 0.3) is 0 Å². The van der Waals surface area contributed by atoms with Gasteiger partial charge in [-0.2, -0.15) is 0 Å². The molecule has 1 atom stereocenters. The van der Waals surface area contributed by atoms with E-state index in [0.717, 1.165) is 23.8 Å². The van der Waals surface area contributed by atoms with Crippen molar-refractivity contribution < 1.29 is 0 Å². The molecule has 1 heterocycles. The highest BCUT2D eigenvalue weighted by Crippen LogP contribution is 2.39. The molecular weight excluding hydrogens is 232 g/mol. The van der Waals surface area contributed by atoms with Crippen molar-refractivity contribution in [2.75, 3.05) is 18.0 Å². The minimum Gasteiger partial charge on any atom is -0.365 e. The van der Waals surface area contributed by atoms with Crippen LogP contribution in [0.15, 0.2) is 24.3 Å². The first-order valence-corrected chi connectivity index (χ1v) is 6.67. The van der Waals surface area contributed by atoms with E-state index in [2.05, 4.69) is 24.8 Å². The first-order chi connectivity index (χ1) is 8.07. The van der Waals surface area contributed by atoms with Gasteiger partial charge in [0.1, 0.15) is 0 Å². The van der Waals surface area contributed by atoms with E-state index in [1.54, 1.807) is 0 Å². The van der Waals surface area contributed by atoms with E-state index in [4.69, 9.17) is 17.3 Å². The van der Waals surface area contributed by atoms with Crippen molar-refractivity contribution in [3.8, 4) is 0 Å². The van der Waals surface area contributed by atoms with Crippen LogP contribution in [-0.2, 0) is 0 Å². The summed E-state index contributed by atoms with van der Waals surface area (Å²) in [6.07, 6.45) is 2.40. The summed E-state index contributed by atoms with van der Waals surface area (Å²) >= 11 is 6.30. The predicted octanol–water partition coefficient (Wildman–Crippen LogP) is 3.29. The lowest BCUT2D eigenvalue weighted by Crippen LogP contribution is -2.55. The molecule has 1 aromatic carbocycles. The molecule has 0 amide bonds. The van der Waals surface area contributed by atoms with Crippen LogP contribution < -0.4 is 10.6 Å². The van der Waals surface area contributed by atoms with Gasteiger partial charge in [0, 0.05) is 12.1 Å². The zero-order valence-electron chi connectivity index (χ0n) is 10.6. The van der Waals surface area contributed by atoms with Gasteiger partial charge in [0.05, 0.1) is 10.7 Å². The summed E-state index contributed by atoms with van der Waals surface area (Å²) in [7, 11) is 0. The molecule has 1 aromatic rings. The van der Waals surface area contributed by atoms with E-state index in [9.17, 15) is 0 Å². The summed E-state index contributed by atoms with van der Waals surface area (Å²) in [6, 6.07) is 8.08. The Balaban J connectivity index is 2.34. The SMILES string of the molecule is CC1(C)C(CN)CCCN1c1ccccc1Cl. The highest BCUT2D eigenvalue weighted by atomic mass is 35.5. The smallest absolute Gasteiger partial charge is 0.0639 e. The van der Waals surface area contributed by atoms with E-state index in [-0.39, 0.29) is 5.54 Å². The standard InChI is InChI=1S/C14H21ClN2/c1-14(2)11(10-16)6-5-9-17(14)13-8-4-3-7-12(13)15/h3-4,7-8,11H,5-6,9-10,16H2,1-2H3. The molecule has 2 rings (SSSR count). The van der Waals surface area contributed by atoms with Crippen molar-refractivity contribution in [1.82, 2.24) is 0 Å². The van der Waals surface area contributed by atoms with Gasteiger partial charge in [-0.1, -0.05) is 23.7 Å². The third-order valence-corrected chi connectivity index (χ3v) is 4.38. The minimum atomic E-state index is 0.0813. The maximum Gasteiger partial charge on any atom is 0.0639 e. The number of hydrogen-bond donors (Lipinski definition) is 1. The molecule has 1 saturated heterocycles. The van der Waals surface area contributed by atoms with E-state index in [1.165, 1.54) is 12.8 Å². The normalized spacial score (nSPS) is 23.8. The molecule has 94 valence electrons. The van der Waals surface area contributed by atoms with Crippen LogP contribution >= 0.6 is 11.6 Å². The number of anilines is 1. The maximum atomic E-state index is 6.30. The van der Waals surface area contributed by atoms with Gasteiger partial charge in [-0.25, -0.2) is 0 Å². The van der Waals surface area contributed by atoms with Crippen molar-refractivity contribution >= 4 is 17.3 Å². The van der Waals surface area contributed by atoms with Gasteiger partial charge in [-0.15, -0.1) is 0 Å². The molecular formula is C14H21ClN2. The lowest BCUT2D eigenvalue weighted by molar-refractivity contribution is 0.245. The first kappa shape index (κ1) is 12.7. The Labute approximate surface area is 109 Å². The average molecular weight is 253 g/mol. The number of benzene rings is 1. The average Bonchev–Trinajstić information content (AvgIpc) is 2.30. The topological polar surface area (TPSA) is 29.3 Å². The Morgan fingerprint density at radius 1 is 1.41 bits per heavy atom. The summed E-state index contributed by atoms with van der Waals surface area (Å²) in [5.41, 5.74) is 7.12. The summed E-state index contributed by atoms with van der Waals surface area (Å²) in [5, 5.41) is 0.832. The molecule has 2 N–H and O–H groups in total. The van der Waals surface area contributed by atoms with Crippen molar-refractivity contribution in [2.45, 2.75) is 32.2 Å². The van der Waals surface area contributed by atoms with E-state index >= 15 is 0 Å². The monoisotopic (exact) mass is 252 g/mol. The quantitative estimate of drug-likeness (QED) is 0.875. The number of para-hydroxylation sites is 1. The Morgan fingerprint density at radius 2 is 2.12 bits per heavy atom. The second kappa shape index (κ2) is 4.87. The van der Waals surface area contributed by atoms with Crippen LogP contribution in [0.3, 0.4) is 0 Å². The summed E-state index contributed by atoms with van der Waals surface area (Å²) < 4.78 is 0. The Hall–Kier alpha value is -0.730. The number of nitrogens with two attached hydrogens (primary N) is 1. The highest BCUT2D eigenvalue weighted by Gasteiger charge is 2.38. The second-order valence-electron chi connectivity index (χ2n) is 5.33. The zero-order valence-corrected chi connectivity index (χ0v) is 11.4. The van der Waals surface area contributed by atoms with E-state index in [1.807, 2.05) is 18.2 Å². The molecule has 0 bridgehead atoms. The second-order valence-corrected chi connectivity index (χ2v) is 5.74. The number of hydrogen-bond acceptors (Lipinski definition) is 2. The molecule has 0 saturated carbocycles. The van der Waals surface area contributed by atoms with Crippen molar-refractivity contribution in [1.29, 1.82) is 0 Å². The van der Waals surface area contributed by atoms with Crippen molar-refractivity contribution in [2.24, 2.45) is 11.7 Å². The van der Waals surface area contributed by atoms with E-state index < -0.39 is 0 Å². The zero-order chi connectivity index (χ0) is 12.5. The Kier molecular flexibility index (Phi) is 3.64. The lowest BCUT2D eigenvalue weighted by Gasteiger charge is -2.49. The van der Waals surface area contributed by atoms with Gasteiger partial charge in [-0.05, 0) is 51.3 Å². The summed E-state index contributed by atoms with van der Waals surface area (Å²) in [5.74, 6) is 0.535.